The summed E-state index contributed by atoms with van der Waals surface area (Å²) >= 11 is 0. The predicted octanol–water partition coefficient (Wildman–Crippen LogP) is 6.38. The molecule has 146 valence electrons. The zero-order chi connectivity index (χ0) is 20.6. The van der Waals surface area contributed by atoms with Crippen LogP contribution in [0.3, 0.4) is 0 Å². The number of rotatable bonds is 8. The first-order valence-electron chi connectivity index (χ1n) is 9.47. The van der Waals surface area contributed by atoms with Crippen LogP contribution in [0.5, 0.6) is 5.75 Å². The van der Waals surface area contributed by atoms with Gasteiger partial charge in [-0.2, -0.15) is 0 Å². The summed E-state index contributed by atoms with van der Waals surface area (Å²) < 4.78 is 18.7. The van der Waals surface area contributed by atoms with Crippen LogP contribution < -0.4 is 4.74 Å². The minimum Gasteiger partial charge on any atom is -0.493 e. The van der Waals surface area contributed by atoms with E-state index in [1.165, 1.54) is 35.9 Å². The van der Waals surface area contributed by atoms with Gasteiger partial charge in [-0.15, -0.1) is 0 Å². The van der Waals surface area contributed by atoms with Crippen molar-refractivity contribution >= 4 is 17.4 Å². The van der Waals surface area contributed by atoms with Crippen molar-refractivity contribution in [2.75, 3.05) is 6.61 Å². The number of hydrogen-bond acceptors (Lipinski definition) is 2. The van der Waals surface area contributed by atoms with Crippen LogP contribution >= 0.6 is 0 Å². The molecule has 3 aromatic rings. The van der Waals surface area contributed by atoms with E-state index < -0.39 is 0 Å². The zero-order valence-corrected chi connectivity index (χ0v) is 16.4. The standard InChI is InChI=1S/C26H23FO2/c1-19(2)22-8-3-21(4-9-22)17-18-29-25-14-5-20(6-15-25)7-16-26(28)23-10-12-24(27)13-11-23/h3-16H,1,17-18H2,2H3. The Bertz CT molecular complexity index is 998. The van der Waals surface area contributed by atoms with Crippen LogP contribution in [0.15, 0.2) is 85.5 Å². The van der Waals surface area contributed by atoms with Gasteiger partial charge < -0.3 is 4.74 Å². The first-order valence-corrected chi connectivity index (χ1v) is 9.47. The summed E-state index contributed by atoms with van der Waals surface area (Å²) in [5.74, 6) is 0.263. The number of carbonyl (C=O) groups excluding carboxylic acids is 1. The van der Waals surface area contributed by atoms with Crippen molar-refractivity contribution in [2.45, 2.75) is 13.3 Å². The molecule has 0 bridgehead atoms. The van der Waals surface area contributed by atoms with E-state index in [0.29, 0.717) is 12.2 Å². The van der Waals surface area contributed by atoms with Gasteiger partial charge in [-0.1, -0.05) is 54.6 Å². The van der Waals surface area contributed by atoms with E-state index in [4.69, 9.17) is 4.74 Å². The molecule has 0 saturated carbocycles. The maximum absolute atomic E-state index is 12.9. The minimum atomic E-state index is -0.356. The second-order valence-electron chi connectivity index (χ2n) is 6.85. The minimum absolute atomic E-state index is 0.164. The third-order valence-corrected chi connectivity index (χ3v) is 4.54. The molecule has 0 radical (unpaired) electrons. The van der Waals surface area contributed by atoms with Crippen molar-refractivity contribution in [3.05, 3.63) is 114 Å². The highest BCUT2D eigenvalue weighted by Crippen LogP contribution is 2.16. The lowest BCUT2D eigenvalue weighted by Crippen LogP contribution is -2.01. The quantitative estimate of drug-likeness (QED) is 0.332. The van der Waals surface area contributed by atoms with Gasteiger partial charge in [0.05, 0.1) is 6.61 Å². The number of carbonyl (C=O) groups is 1. The molecule has 0 aliphatic carbocycles. The van der Waals surface area contributed by atoms with E-state index in [2.05, 4.69) is 30.8 Å². The van der Waals surface area contributed by atoms with Gasteiger partial charge in [-0.05, 0) is 66.1 Å². The Hall–Kier alpha value is -3.46. The number of halogens is 1. The molecule has 0 amide bonds. The molecule has 0 saturated heterocycles. The third-order valence-electron chi connectivity index (χ3n) is 4.54. The average molecular weight is 386 g/mol. The second-order valence-corrected chi connectivity index (χ2v) is 6.85. The van der Waals surface area contributed by atoms with Gasteiger partial charge in [0.1, 0.15) is 11.6 Å². The van der Waals surface area contributed by atoms with Crippen LogP contribution in [0.1, 0.15) is 34.0 Å². The van der Waals surface area contributed by atoms with Crippen molar-refractivity contribution < 1.29 is 13.9 Å². The summed E-state index contributed by atoms with van der Waals surface area (Å²) in [6.45, 7) is 6.53. The number of hydrogen-bond donors (Lipinski definition) is 0. The molecule has 0 unspecified atom stereocenters. The van der Waals surface area contributed by atoms with Crippen molar-refractivity contribution in [1.29, 1.82) is 0 Å². The van der Waals surface area contributed by atoms with Gasteiger partial charge in [-0.3, -0.25) is 4.79 Å². The smallest absolute Gasteiger partial charge is 0.185 e. The van der Waals surface area contributed by atoms with Gasteiger partial charge >= 0.3 is 0 Å². The lowest BCUT2D eigenvalue weighted by Gasteiger charge is -2.07. The number of ketones is 1. The molecule has 0 aliphatic heterocycles. The van der Waals surface area contributed by atoms with E-state index in [0.717, 1.165) is 28.9 Å². The SMILES string of the molecule is C=C(C)c1ccc(CCOc2ccc(C=CC(=O)c3ccc(F)cc3)cc2)cc1. The molecule has 2 nitrogen and oxygen atoms in total. The first kappa shape index (κ1) is 20.3. The summed E-state index contributed by atoms with van der Waals surface area (Å²) in [4.78, 5) is 12.1. The van der Waals surface area contributed by atoms with Crippen molar-refractivity contribution in [1.82, 2.24) is 0 Å². The Labute approximate surface area is 171 Å². The highest BCUT2D eigenvalue weighted by molar-refractivity contribution is 6.06. The van der Waals surface area contributed by atoms with E-state index in [1.807, 2.05) is 31.2 Å². The highest BCUT2D eigenvalue weighted by Gasteiger charge is 2.02. The second kappa shape index (κ2) is 9.65. The summed E-state index contributed by atoms with van der Waals surface area (Å²) in [6.07, 6.45) is 4.04. The summed E-state index contributed by atoms with van der Waals surface area (Å²) in [7, 11) is 0. The Morgan fingerprint density at radius 3 is 2.17 bits per heavy atom. The largest absolute Gasteiger partial charge is 0.493 e. The molecule has 3 heteroatoms. The number of ether oxygens (including phenoxy) is 1. The van der Waals surface area contributed by atoms with E-state index in [1.54, 1.807) is 6.08 Å². The van der Waals surface area contributed by atoms with Crippen molar-refractivity contribution in [3.63, 3.8) is 0 Å². The molecular formula is C26H23FO2. The normalized spacial score (nSPS) is 10.8. The summed E-state index contributed by atoms with van der Waals surface area (Å²) in [6, 6.07) is 21.4. The predicted molar refractivity (Wildman–Crippen MR) is 117 cm³/mol. The fourth-order valence-corrected chi connectivity index (χ4v) is 2.80. The zero-order valence-electron chi connectivity index (χ0n) is 16.4. The third kappa shape index (κ3) is 6.01. The van der Waals surface area contributed by atoms with Crippen LogP contribution in [-0.2, 0) is 6.42 Å². The molecule has 0 fully saturated rings. The fraction of sp³-hybridized carbons (Fsp3) is 0.115. The van der Waals surface area contributed by atoms with Gasteiger partial charge in [-0.25, -0.2) is 4.39 Å². The van der Waals surface area contributed by atoms with Crippen molar-refractivity contribution in [3.8, 4) is 5.75 Å². The van der Waals surface area contributed by atoms with Gasteiger partial charge in [0, 0.05) is 12.0 Å². The molecular weight excluding hydrogens is 363 g/mol. The summed E-state index contributed by atoms with van der Waals surface area (Å²) in [5.41, 5.74) is 4.77. The molecule has 0 aliphatic rings. The van der Waals surface area contributed by atoms with Crippen LogP contribution in [0.4, 0.5) is 4.39 Å². The van der Waals surface area contributed by atoms with E-state index in [-0.39, 0.29) is 11.6 Å². The average Bonchev–Trinajstić information content (AvgIpc) is 2.74. The lowest BCUT2D eigenvalue weighted by molar-refractivity contribution is 0.104. The molecule has 0 aromatic heterocycles. The summed E-state index contributed by atoms with van der Waals surface area (Å²) in [5, 5.41) is 0. The molecule has 0 heterocycles. The first-order chi connectivity index (χ1) is 14.0. The highest BCUT2D eigenvalue weighted by atomic mass is 19.1. The van der Waals surface area contributed by atoms with Gasteiger partial charge in [0.15, 0.2) is 5.78 Å². The maximum Gasteiger partial charge on any atom is 0.185 e. The van der Waals surface area contributed by atoms with Crippen molar-refractivity contribution in [2.24, 2.45) is 0 Å². The topological polar surface area (TPSA) is 26.3 Å². The molecule has 29 heavy (non-hydrogen) atoms. The molecule has 3 aromatic carbocycles. The van der Waals surface area contributed by atoms with Crippen LogP contribution in [0.2, 0.25) is 0 Å². The monoisotopic (exact) mass is 386 g/mol. The van der Waals surface area contributed by atoms with Crippen LogP contribution in [0, 0.1) is 5.82 Å². The Balaban J connectivity index is 1.50. The van der Waals surface area contributed by atoms with Crippen LogP contribution in [0.25, 0.3) is 11.6 Å². The Kier molecular flexibility index (Phi) is 6.75. The lowest BCUT2D eigenvalue weighted by atomic mass is 10.1. The molecule has 0 atom stereocenters. The van der Waals surface area contributed by atoms with E-state index in [9.17, 15) is 9.18 Å². The number of allylic oxidation sites excluding steroid dienone is 2. The van der Waals surface area contributed by atoms with Crippen LogP contribution in [-0.4, -0.2) is 12.4 Å². The maximum atomic E-state index is 12.9. The number of benzene rings is 3. The Morgan fingerprint density at radius 2 is 1.55 bits per heavy atom. The molecule has 0 spiro atoms. The molecule has 0 N–H and O–H groups in total. The van der Waals surface area contributed by atoms with Gasteiger partial charge in [0.25, 0.3) is 0 Å². The van der Waals surface area contributed by atoms with E-state index >= 15 is 0 Å². The Morgan fingerprint density at radius 1 is 0.931 bits per heavy atom. The molecule has 3 rings (SSSR count). The fourth-order valence-electron chi connectivity index (χ4n) is 2.80. The van der Waals surface area contributed by atoms with Gasteiger partial charge in [0.2, 0.25) is 0 Å².